The molecule has 1 saturated carbocycles. The lowest BCUT2D eigenvalue weighted by molar-refractivity contribution is -0.158. The maximum absolute atomic E-state index is 12.8. The third-order valence-corrected chi connectivity index (χ3v) is 7.04. The van der Waals surface area contributed by atoms with E-state index in [-0.39, 0.29) is 28.9 Å². The van der Waals surface area contributed by atoms with Crippen LogP contribution in [0.2, 0.25) is 0 Å². The van der Waals surface area contributed by atoms with Gasteiger partial charge in [0, 0.05) is 42.9 Å². The van der Waals surface area contributed by atoms with Crippen LogP contribution in [0.4, 0.5) is 18.3 Å². The molecule has 1 aliphatic carbocycles. The molecule has 6 nitrogen and oxygen atoms in total. The molecule has 2 aliphatic heterocycles. The normalized spacial score (nSPS) is 28.3. The van der Waals surface area contributed by atoms with Gasteiger partial charge in [0.1, 0.15) is 0 Å². The van der Waals surface area contributed by atoms with Crippen LogP contribution in [0.25, 0.3) is 0 Å². The van der Waals surface area contributed by atoms with Crippen molar-refractivity contribution in [2.24, 2.45) is 22.7 Å². The van der Waals surface area contributed by atoms with E-state index in [1.165, 1.54) is 0 Å². The van der Waals surface area contributed by atoms with E-state index in [0.717, 1.165) is 23.1 Å². The second-order valence-corrected chi connectivity index (χ2v) is 9.42. The summed E-state index contributed by atoms with van der Waals surface area (Å²) < 4.78 is 38.4. The average Bonchev–Trinajstić information content (AvgIpc) is 2.96. The van der Waals surface area contributed by atoms with Crippen molar-refractivity contribution in [1.29, 1.82) is 0 Å². The fraction of sp³-hybridized carbons (Fsp3) is 0.706. The SMILES string of the molecule is CC1(C)C[C@@H]1C(=O)N1CC2(C1)CN(c1nc(C(F)(F)F)cs1)CC2C(=O)O. The summed E-state index contributed by atoms with van der Waals surface area (Å²) in [6, 6.07) is 0. The molecule has 3 heterocycles. The van der Waals surface area contributed by atoms with Crippen molar-refractivity contribution in [3.63, 3.8) is 0 Å². The number of anilines is 1. The third-order valence-electron chi connectivity index (χ3n) is 6.13. The maximum Gasteiger partial charge on any atom is 0.434 e. The molecule has 10 heteroatoms. The van der Waals surface area contributed by atoms with Gasteiger partial charge in [0.05, 0.1) is 5.92 Å². The van der Waals surface area contributed by atoms with Crippen molar-refractivity contribution in [3.05, 3.63) is 11.1 Å². The number of carbonyl (C=O) groups excluding carboxylic acids is 1. The number of aromatic nitrogens is 1. The number of hydrogen-bond donors (Lipinski definition) is 1. The highest BCUT2D eigenvalue weighted by Gasteiger charge is 2.61. The fourth-order valence-corrected chi connectivity index (χ4v) is 5.14. The smallest absolute Gasteiger partial charge is 0.434 e. The highest BCUT2D eigenvalue weighted by Crippen LogP contribution is 2.55. The maximum atomic E-state index is 12.8. The Hall–Kier alpha value is -1.84. The first-order valence-corrected chi connectivity index (χ1v) is 9.60. The quantitative estimate of drug-likeness (QED) is 0.840. The number of thiazole rings is 1. The second kappa shape index (κ2) is 5.59. The summed E-state index contributed by atoms with van der Waals surface area (Å²) in [5, 5.41) is 10.7. The molecule has 1 unspecified atom stereocenters. The van der Waals surface area contributed by atoms with Gasteiger partial charge in [0.15, 0.2) is 10.8 Å². The lowest BCUT2D eigenvalue weighted by Gasteiger charge is -2.50. The van der Waals surface area contributed by atoms with Crippen molar-refractivity contribution in [2.45, 2.75) is 26.4 Å². The average molecular weight is 403 g/mol. The summed E-state index contributed by atoms with van der Waals surface area (Å²) >= 11 is 0.866. The molecule has 4 rings (SSSR count). The molecule has 0 bridgehead atoms. The number of nitrogens with zero attached hydrogens (tertiary/aromatic N) is 3. The van der Waals surface area contributed by atoms with Crippen molar-refractivity contribution in [3.8, 4) is 0 Å². The zero-order valence-electron chi connectivity index (χ0n) is 14.9. The lowest BCUT2D eigenvalue weighted by Crippen LogP contribution is -2.63. The molecule has 1 amide bonds. The molecule has 3 fully saturated rings. The minimum absolute atomic E-state index is 0.00261. The van der Waals surface area contributed by atoms with Gasteiger partial charge in [-0.15, -0.1) is 11.3 Å². The van der Waals surface area contributed by atoms with Gasteiger partial charge in [-0.3, -0.25) is 9.59 Å². The van der Waals surface area contributed by atoms with E-state index in [1.807, 2.05) is 13.8 Å². The standard InChI is InChI=1S/C17H20F3N3O3S/c1-15(2)3-9(15)12(24)23-7-16(8-23)6-22(4-10(16)13(25)26)14-21-11(5-27-14)17(18,19)20/h5,9-10H,3-4,6-8H2,1-2H3,(H,25,26)/t9-,10?/m1/s1. The van der Waals surface area contributed by atoms with Gasteiger partial charge in [0.2, 0.25) is 5.91 Å². The Kier molecular flexibility index (Phi) is 3.83. The highest BCUT2D eigenvalue weighted by molar-refractivity contribution is 7.13. The van der Waals surface area contributed by atoms with E-state index in [9.17, 15) is 27.9 Å². The van der Waals surface area contributed by atoms with E-state index < -0.39 is 29.2 Å². The second-order valence-electron chi connectivity index (χ2n) is 8.59. The summed E-state index contributed by atoms with van der Waals surface area (Å²) in [7, 11) is 0. The Bertz CT molecular complexity index is 801. The number of likely N-dealkylation sites (tertiary alicyclic amines) is 1. The Morgan fingerprint density at radius 2 is 1.89 bits per heavy atom. The monoisotopic (exact) mass is 403 g/mol. The van der Waals surface area contributed by atoms with Gasteiger partial charge in [-0.1, -0.05) is 13.8 Å². The molecule has 3 aliphatic rings. The van der Waals surface area contributed by atoms with Crippen molar-refractivity contribution in [2.75, 3.05) is 31.1 Å². The van der Waals surface area contributed by atoms with E-state index in [1.54, 1.807) is 9.80 Å². The number of carboxylic acid groups (broad SMARTS) is 1. The first kappa shape index (κ1) is 18.5. The van der Waals surface area contributed by atoms with E-state index >= 15 is 0 Å². The first-order chi connectivity index (χ1) is 12.4. The number of amides is 1. The number of aliphatic carboxylic acids is 1. The van der Waals surface area contributed by atoms with Crippen molar-refractivity contribution >= 4 is 28.3 Å². The zero-order chi connectivity index (χ0) is 19.8. The largest absolute Gasteiger partial charge is 0.481 e. The molecular formula is C17H20F3N3O3S. The number of halogens is 3. The first-order valence-electron chi connectivity index (χ1n) is 8.72. The Labute approximate surface area is 158 Å². The fourth-order valence-electron chi connectivity index (χ4n) is 4.29. The van der Waals surface area contributed by atoms with Crippen LogP contribution in [-0.4, -0.2) is 53.0 Å². The number of alkyl halides is 3. The lowest BCUT2D eigenvalue weighted by atomic mass is 9.71. The van der Waals surface area contributed by atoms with Crippen LogP contribution in [0, 0.1) is 22.7 Å². The van der Waals surface area contributed by atoms with Crippen LogP contribution >= 0.6 is 11.3 Å². The molecule has 1 N–H and O–H groups in total. The van der Waals surface area contributed by atoms with Crippen LogP contribution in [0.1, 0.15) is 26.0 Å². The predicted octanol–water partition coefficient (Wildman–Crippen LogP) is 2.56. The number of hydrogen-bond acceptors (Lipinski definition) is 5. The summed E-state index contributed by atoms with van der Waals surface area (Å²) in [5.41, 5.74) is -1.58. The highest BCUT2D eigenvalue weighted by atomic mass is 32.1. The molecule has 0 aromatic carbocycles. The third kappa shape index (κ3) is 2.97. The van der Waals surface area contributed by atoms with Crippen LogP contribution in [-0.2, 0) is 15.8 Å². The number of rotatable bonds is 3. The van der Waals surface area contributed by atoms with Gasteiger partial charge >= 0.3 is 12.1 Å². The molecule has 1 aromatic heterocycles. The summed E-state index contributed by atoms with van der Waals surface area (Å²) in [6.45, 7) is 5.14. The van der Waals surface area contributed by atoms with Gasteiger partial charge in [-0.05, 0) is 11.8 Å². The molecule has 1 aromatic rings. The van der Waals surface area contributed by atoms with Gasteiger partial charge in [0.25, 0.3) is 0 Å². The predicted molar refractivity (Wildman–Crippen MR) is 91.4 cm³/mol. The van der Waals surface area contributed by atoms with Crippen LogP contribution in [0.3, 0.4) is 0 Å². The summed E-state index contributed by atoms with van der Waals surface area (Å²) in [4.78, 5) is 31.2. The Morgan fingerprint density at radius 3 is 2.37 bits per heavy atom. The molecule has 148 valence electrons. The van der Waals surface area contributed by atoms with E-state index in [4.69, 9.17) is 0 Å². The molecule has 1 spiro atoms. The van der Waals surface area contributed by atoms with Crippen LogP contribution in [0.15, 0.2) is 5.38 Å². The molecule has 0 radical (unpaired) electrons. The summed E-state index contributed by atoms with van der Waals surface area (Å²) in [5.74, 6) is -1.67. The minimum Gasteiger partial charge on any atom is -0.481 e. The molecule has 27 heavy (non-hydrogen) atoms. The van der Waals surface area contributed by atoms with Crippen molar-refractivity contribution in [1.82, 2.24) is 9.88 Å². The van der Waals surface area contributed by atoms with Gasteiger partial charge in [-0.25, -0.2) is 4.98 Å². The van der Waals surface area contributed by atoms with Gasteiger partial charge < -0.3 is 14.9 Å². The Morgan fingerprint density at radius 1 is 1.26 bits per heavy atom. The molecule has 2 atom stereocenters. The Balaban J connectivity index is 1.48. The minimum atomic E-state index is -4.52. The number of carbonyl (C=O) groups is 2. The topological polar surface area (TPSA) is 73.7 Å². The van der Waals surface area contributed by atoms with E-state index in [0.29, 0.717) is 19.6 Å². The number of carboxylic acids is 1. The molecular weight excluding hydrogens is 383 g/mol. The zero-order valence-corrected chi connectivity index (χ0v) is 15.7. The van der Waals surface area contributed by atoms with Crippen LogP contribution in [0.5, 0.6) is 0 Å². The van der Waals surface area contributed by atoms with E-state index in [2.05, 4.69) is 4.98 Å². The van der Waals surface area contributed by atoms with Gasteiger partial charge in [-0.2, -0.15) is 13.2 Å². The van der Waals surface area contributed by atoms with Crippen molar-refractivity contribution < 1.29 is 27.9 Å². The van der Waals surface area contributed by atoms with Crippen LogP contribution < -0.4 is 4.90 Å². The molecule has 2 saturated heterocycles. The summed E-state index contributed by atoms with van der Waals surface area (Å²) in [6.07, 6.45) is -3.68.